The summed E-state index contributed by atoms with van der Waals surface area (Å²) >= 11 is 0. The van der Waals surface area contributed by atoms with E-state index in [0.717, 1.165) is 37.7 Å². The van der Waals surface area contributed by atoms with Gasteiger partial charge in [0.1, 0.15) is 5.75 Å². The molecule has 0 aliphatic carbocycles. The molecule has 1 aromatic carbocycles. The summed E-state index contributed by atoms with van der Waals surface area (Å²) < 4.78 is 12.2. The second kappa shape index (κ2) is 6.36. The Bertz CT molecular complexity index is 602. The molecule has 7 heteroatoms. The lowest BCUT2D eigenvalue weighted by molar-refractivity contribution is 0.0597. The molecule has 1 saturated heterocycles. The van der Waals surface area contributed by atoms with Crippen LogP contribution in [0.1, 0.15) is 5.82 Å². The van der Waals surface area contributed by atoms with E-state index in [2.05, 4.69) is 20.4 Å². The van der Waals surface area contributed by atoms with Gasteiger partial charge in [0.05, 0.1) is 26.0 Å². The highest BCUT2D eigenvalue weighted by Crippen LogP contribution is 2.15. The van der Waals surface area contributed by atoms with E-state index in [-0.39, 0.29) is 0 Å². The fourth-order valence-corrected chi connectivity index (χ4v) is 2.10. The van der Waals surface area contributed by atoms with E-state index in [4.69, 9.17) is 9.47 Å². The third-order valence-corrected chi connectivity index (χ3v) is 3.29. The van der Waals surface area contributed by atoms with E-state index in [1.54, 1.807) is 11.8 Å². The summed E-state index contributed by atoms with van der Waals surface area (Å²) in [6, 6.07) is 7.60. The first-order chi connectivity index (χ1) is 10.4. The van der Waals surface area contributed by atoms with E-state index >= 15 is 0 Å². The van der Waals surface area contributed by atoms with Crippen molar-refractivity contribution in [3.8, 4) is 11.4 Å². The molecule has 1 aliphatic rings. The molecule has 3 rings (SSSR count). The van der Waals surface area contributed by atoms with Crippen molar-refractivity contribution in [3.05, 3.63) is 36.3 Å². The number of tetrazole rings is 1. The number of hydrogen-bond donors (Lipinski definition) is 0. The molecular formula is C14H17N5O2. The molecule has 110 valence electrons. The molecule has 1 fully saturated rings. The Hall–Kier alpha value is -2.41. The van der Waals surface area contributed by atoms with Crippen molar-refractivity contribution in [2.45, 2.75) is 0 Å². The van der Waals surface area contributed by atoms with Crippen molar-refractivity contribution >= 4 is 6.08 Å². The predicted molar refractivity (Wildman–Crippen MR) is 77.1 cm³/mol. The van der Waals surface area contributed by atoms with Crippen molar-refractivity contribution in [1.82, 2.24) is 25.1 Å². The van der Waals surface area contributed by atoms with Gasteiger partial charge >= 0.3 is 0 Å². The van der Waals surface area contributed by atoms with Crippen LogP contribution in [0.25, 0.3) is 11.8 Å². The van der Waals surface area contributed by atoms with E-state index in [9.17, 15) is 0 Å². The molecule has 0 radical (unpaired) electrons. The summed E-state index contributed by atoms with van der Waals surface area (Å²) in [5.41, 5.74) is 0.891. The normalized spacial score (nSPS) is 15.6. The highest BCUT2D eigenvalue weighted by molar-refractivity contribution is 5.45. The summed E-state index contributed by atoms with van der Waals surface area (Å²) in [7, 11) is 1.64. The quantitative estimate of drug-likeness (QED) is 0.835. The number of hydrogen-bond acceptors (Lipinski definition) is 6. The SMILES string of the molecule is COc1ccc(-n2nnnc2C=CN2CCOCC2)cc1. The van der Waals surface area contributed by atoms with Gasteiger partial charge in [-0.1, -0.05) is 0 Å². The number of methoxy groups -OCH3 is 1. The highest BCUT2D eigenvalue weighted by atomic mass is 16.5. The van der Waals surface area contributed by atoms with Crippen molar-refractivity contribution in [3.63, 3.8) is 0 Å². The lowest BCUT2D eigenvalue weighted by Gasteiger charge is -2.24. The van der Waals surface area contributed by atoms with E-state index in [0.29, 0.717) is 5.82 Å². The van der Waals surface area contributed by atoms with Crippen molar-refractivity contribution in [2.75, 3.05) is 33.4 Å². The van der Waals surface area contributed by atoms with Gasteiger partial charge in [0.25, 0.3) is 0 Å². The van der Waals surface area contributed by atoms with Crippen molar-refractivity contribution in [1.29, 1.82) is 0 Å². The van der Waals surface area contributed by atoms with Crippen LogP contribution in [0.3, 0.4) is 0 Å². The molecule has 0 saturated carbocycles. The number of morpholine rings is 1. The first-order valence-corrected chi connectivity index (χ1v) is 6.79. The molecule has 2 aromatic rings. The number of aromatic nitrogens is 4. The molecule has 0 atom stereocenters. The maximum atomic E-state index is 5.32. The summed E-state index contributed by atoms with van der Waals surface area (Å²) in [5, 5.41) is 11.8. The van der Waals surface area contributed by atoms with Gasteiger partial charge in [-0.15, -0.1) is 5.10 Å². The van der Waals surface area contributed by atoms with Gasteiger partial charge in [-0.2, -0.15) is 4.68 Å². The first kappa shape index (κ1) is 13.6. The molecule has 0 spiro atoms. The Morgan fingerprint density at radius 3 is 2.67 bits per heavy atom. The molecular weight excluding hydrogens is 270 g/mol. The van der Waals surface area contributed by atoms with Crippen LogP contribution >= 0.6 is 0 Å². The predicted octanol–water partition coefficient (Wildman–Crippen LogP) is 0.974. The van der Waals surface area contributed by atoms with Crippen LogP contribution < -0.4 is 4.74 Å². The Kier molecular flexibility index (Phi) is 4.11. The number of benzene rings is 1. The number of nitrogens with zero attached hydrogens (tertiary/aromatic N) is 5. The zero-order valence-corrected chi connectivity index (χ0v) is 11.8. The molecule has 0 unspecified atom stereocenters. The van der Waals surface area contributed by atoms with Crippen LogP contribution in [-0.2, 0) is 4.74 Å². The largest absolute Gasteiger partial charge is 0.497 e. The standard InChI is InChI=1S/C14H17N5O2/c1-20-13-4-2-12(3-5-13)19-14(15-16-17-19)6-7-18-8-10-21-11-9-18/h2-7H,8-11H2,1H3. The van der Waals surface area contributed by atoms with Gasteiger partial charge in [-0.3, -0.25) is 0 Å². The fraction of sp³-hybridized carbons (Fsp3) is 0.357. The highest BCUT2D eigenvalue weighted by Gasteiger charge is 2.08. The average molecular weight is 287 g/mol. The summed E-state index contributed by atoms with van der Waals surface area (Å²) in [5.74, 6) is 1.49. The second-order valence-electron chi connectivity index (χ2n) is 4.61. The third kappa shape index (κ3) is 3.19. The summed E-state index contributed by atoms with van der Waals surface area (Å²) in [4.78, 5) is 2.19. The fourth-order valence-electron chi connectivity index (χ4n) is 2.10. The van der Waals surface area contributed by atoms with Crippen molar-refractivity contribution < 1.29 is 9.47 Å². The van der Waals surface area contributed by atoms with Crippen LogP contribution in [0.2, 0.25) is 0 Å². The van der Waals surface area contributed by atoms with Crippen molar-refractivity contribution in [2.24, 2.45) is 0 Å². The number of ether oxygens (including phenoxy) is 2. The lowest BCUT2D eigenvalue weighted by Crippen LogP contribution is -2.31. The van der Waals surface area contributed by atoms with Crippen LogP contribution in [0.15, 0.2) is 30.5 Å². The maximum Gasteiger partial charge on any atom is 0.181 e. The Morgan fingerprint density at radius 2 is 1.95 bits per heavy atom. The first-order valence-electron chi connectivity index (χ1n) is 6.79. The molecule has 0 N–H and O–H groups in total. The second-order valence-corrected chi connectivity index (χ2v) is 4.61. The minimum absolute atomic E-state index is 0.687. The zero-order chi connectivity index (χ0) is 14.5. The molecule has 1 aromatic heterocycles. The molecule has 0 amide bonds. The molecule has 1 aliphatic heterocycles. The maximum absolute atomic E-state index is 5.32. The van der Waals surface area contributed by atoms with E-state index in [1.165, 1.54) is 0 Å². The minimum Gasteiger partial charge on any atom is -0.497 e. The van der Waals surface area contributed by atoms with Crippen LogP contribution in [0, 0.1) is 0 Å². The van der Waals surface area contributed by atoms with Gasteiger partial charge in [0.2, 0.25) is 0 Å². The summed E-state index contributed by atoms with van der Waals surface area (Å²) in [6.07, 6.45) is 3.92. The van der Waals surface area contributed by atoms with Gasteiger partial charge in [0, 0.05) is 25.4 Å². The van der Waals surface area contributed by atoms with Gasteiger partial charge < -0.3 is 14.4 Å². The van der Waals surface area contributed by atoms with Crippen LogP contribution in [0.4, 0.5) is 0 Å². The molecule has 2 heterocycles. The number of rotatable bonds is 4. The third-order valence-electron chi connectivity index (χ3n) is 3.29. The smallest absolute Gasteiger partial charge is 0.181 e. The Labute approximate surface area is 122 Å². The zero-order valence-electron chi connectivity index (χ0n) is 11.8. The van der Waals surface area contributed by atoms with Gasteiger partial charge in [-0.25, -0.2) is 0 Å². The summed E-state index contributed by atoms with van der Waals surface area (Å²) in [6.45, 7) is 3.29. The molecule has 0 bridgehead atoms. The van der Waals surface area contributed by atoms with Crippen LogP contribution in [0.5, 0.6) is 5.75 Å². The topological polar surface area (TPSA) is 65.3 Å². The van der Waals surface area contributed by atoms with E-state index < -0.39 is 0 Å². The minimum atomic E-state index is 0.687. The molecule has 7 nitrogen and oxygen atoms in total. The monoisotopic (exact) mass is 287 g/mol. The van der Waals surface area contributed by atoms with Crippen LogP contribution in [-0.4, -0.2) is 58.5 Å². The Balaban J connectivity index is 1.77. The molecule has 21 heavy (non-hydrogen) atoms. The van der Waals surface area contributed by atoms with E-state index in [1.807, 2.05) is 36.5 Å². The van der Waals surface area contributed by atoms with Gasteiger partial charge in [0.15, 0.2) is 5.82 Å². The lowest BCUT2D eigenvalue weighted by atomic mass is 10.3. The van der Waals surface area contributed by atoms with Gasteiger partial charge in [-0.05, 0) is 34.7 Å². The Morgan fingerprint density at radius 1 is 1.19 bits per heavy atom. The average Bonchev–Trinajstić information content (AvgIpc) is 3.02.